The molecule has 4 rings (SSSR count). The number of hydrogen-bond acceptors (Lipinski definition) is 4. The quantitative estimate of drug-likeness (QED) is 0.247. The molecule has 0 radical (unpaired) electrons. The molecular weight excluding hydrogens is 386 g/mol. The van der Waals surface area contributed by atoms with Crippen molar-refractivity contribution >= 4 is 17.7 Å². The summed E-state index contributed by atoms with van der Waals surface area (Å²) < 4.78 is 5.38. The van der Waals surface area contributed by atoms with Crippen molar-refractivity contribution in [3.8, 4) is 11.1 Å². The molecule has 0 aliphatic heterocycles. The van der Waals surface area contributed by atoms with Crippen LogP contribution in [-0.4, -0.2) is 18.0 Å². The Morgan fingerprint density at radius 1 is 1.16 bits per heavy atom. The van der Waals surface area contributed by atoms with Gasteiger partial charge in [-0.25, -0.2) is 6.57 Å². The van der Waals surface area contributed by atoms with Gasteiger partial charge in [0.25, 0.3) is 5.54 Å². The Morgan fingerprint density at radius 3 is 2.48 bits per heavy atom. The zero-order valence-electron chi connectivity index (χ0n) is 18.3. The predicted molar refractivity (Wildman–Crippen MR) is 122 cm³/mol. The molecule has 158 valence electrons. The number of aldehydes is 1. The molecule has 0 saturated heterocycles. The molecule has 1 saturated carbocycles. The van der Waals surface area contributed by atoms with E-state index in [1.807, 2.05) is 13.8 Å². The van der Waals surface area contributed by atoms with Gasteiger partial charge < -0.3 is 19.1 Å². The topological polar surface area (TPSA) is 50.7 Å². The van der Waals surface area contributed by atoms with Gasteiger partial charge in [0, 0.05) is 48.3 Å². The third-order valence-corrected chi connectivity index (χ3v) is 6.18. The summed E-state index contributed by atoms with van der Waals surface area (Å²) in [6, 6.07) is 14.8. The highest BCUT2D eigenvalue weighted by Gasteiger charge is 2.52. The summed E-state index contributed by atoms with van der Waals surface area (Å²) in [5.74, 6) is 0.804. The lowest BCUT2D eigenvalue weighted by atomic mass is 10.00. The Labute approximate surface area is 183 Å². The summed E-state index contributed by atoms with van der Waals surface area (Å²) >= 11 is 0. The van der Waals surface area contributed by atoms with Crippen LogP contribution in [0.4, 0.5) is 11.4 Å². The minimum atomic E-state index is -0.306. The minimum Gasteiger partial charge on any atom is -0.361 e. The second-order valence-corrected chi connectivity index (χ2v) is 8.35. The standard InChI is InChI=1S/C26H27N3O2/c1-18-7-8-21(25-19(2)28-31-20(25)3)17-24(18)29(15-5-6-16-30)23-11-9-22(10-12-23)26(27-4)13-14-26/h7-12,16-17H,5-6,13-15H2,1-3H3. The number of unbranched alkanes of at least 4 members (excludes halogenated alkanes) is 1. The number of aryl methyl sites for hydroxylation is 3. The monoisotopic (exact) mass is 413 g/mol. The lowest BCUT2D eigenvalue weighted by molar-refractivity contribution is -0.107. The zero-order chi connectivity index (χ0) is 22.0. The highest BCUT2D eigenvalue weighted by atomic mass is 16.5. The molecule has 0 unspecified atom stereocenters. The average Bonchev–Trinajstić information content (AvgIpc) is 3.51. The van der Waals surface area contributed by atoms with Crippen LogP contribution in [0, 0.1) is 27.3 Å². The van der Waals surface area contributed by atoms with Gasteiger partial charge in [-0.2, -0.15) is 0 Å². The van der Waals surface area contributed by atoms with Gasteiger partial charge in [-0.3, -0.25) is 0 Å². The van der Waals surface area contributed by atoms with Gasteiger partial charge in [0.15, 0.2) is 0 Å². The number of hydrogen-bond donors (Lipinski definition) is 0. The predicted octanol–water partition coefficient (Wildman–Crippen LogP) is 6.29. The fourth-order valence-electron chi connectivity index (χ4n) is 4.21. The first-order valence-electron chi connectivity index (χ1n) is 10.7. The smallest absolute Gasteiger partial charge is 0.258 e. The number of carbonyl (C=O) groups is 1. The second-order valence-electron chi connectivity index (χ2n) is 8.35. The molecule has 1 aliphatic carbocycles. The van der Waals surface area contributed by atoms with E-state index in [9.17, 15) is 4.79 Å². The van der Waals surface area contributed by atoms with E-state index in [1.165, 1.54) is 0 Å². The summed E-state index contributed by atoms with van der Waals surface area (Å²) in [5.41, 5.74) is 7.08. The normalized spacial score (nSPS) is 14.1. The van der Waals surface area contributed by atoms with Crippen molar-refractivity contribution in [1.82, 2.24) is 5.16 Å². The van der Waals surface area contributed by atoms with Crippen molar-refractivity contribution < 1.29 is 9.32 Å². The third-order valence-electron chi connectivity index (χ3n) is 6.18. The fourth-order valence-corrected chi connectivity index (χ4v) is 4.21. The Balaban J connectivity index is 1.73. The SMILES string of the molecule is [C-]#[N+]C1(c2ccc(N(CCCC=O)c3cc(-c4c(C)noc4C)ccc3C)cc2)CC1. The molecule has 2 aromatic carbocycles. The van der Waals surface area contributed by atoms with Crippen LogP contribution in [0.25, 0.3) is 16.0 Å². The van der Waals surface area contributed by atoms with Crippen molar-refractivity contribution in [2.45, 2.75) is 52.0 Å². The van der Waals surface area contributed by atoms with E-state index >= 15 is 0 Å². The van der Waals surface area contributed by atoms with E-state index in [0.717, 1.165) is 77.2 Å². The molecule has 0 amide bonds. The van der Waals surface area contributed by atoms with Gasteiger partial charge in [0.2, 0.25) is 0 Å². The van der Waals surface area contributed by atoms with E-state index in [4.69, 9.17) is 11.1 Å². The number of rotatable bonds is 8. The van der Waals surface area contributed by atoms with Crippen molar-refractivity contribution in [3.63, 3.8) is 0 Å². The molecule has 3 aromatic rings. The summed E-state index contributed by atoms with van der Waals surface area (Å²) in [4.78, 5) is 17.1. The average molecular weight is 414 g/mol. The van der Waals surface area contributed by atoms with Crippen molar-refractivity contribution in [1.29, 1.82) is 0 Å². The Bertz CT molecular complexity index is 1110. The van der Waals surface area contributed by atoms with Crippen LogP contribution in [-0.2, 0) is 10.3 Å². The van der Waals surface area contributed by atoms with Crippen LogP contribution in [0.5, 0.6) is 0 Å². The Kier molecular flexibility index (Phi) is 5.65. The van der Waals surface area contributed by atoms with Crippen LogP contribution >= 0.6 is 0 Å². The van der Waals surface area contributed by atoms with Gasteiger partial charge in [0.1, 0.15) is 12.0 Å². The fraction of sp³-hybridized carbons (Fsp3) is 0.346. The second kappa shape index (κ2) is 8.39. The van der Waals surface area contributed by atoms with Crippen LogP contribution < -0.4 is 4.90 Å². The van der Waals surface area contributed by atoms with Gasteiger partial charge >= 0.3 is 0 Å². The largest absolute Gasteiger partial charge is 0.361 e. The first-order valence-corrected chi connectivity index (χ1v) is 10.7. The molecule has 0 bridgehead atoms. The van der Waals surface area contributed by atoms with Gasteiger partial charge in [-0.05, 0) is 68.7 Å². The molecule has 1 aliphatic rings. The molecule has 1 heterocycles. The summed E-state index contributed by atoms with van der Waals surface area (Å²) in [7, 11) is 0. The number of anilines is 2. The third kappa shape index (κ3) is 3.98. The van der Waals surface area contributed by atoms with E-state index < -0.39 is 0 Å². The van der Waals surface area contributed by atoms with E-state index in [0.29, 0.717) is 6.42 Å². The highest BCUT2D eigenvalue weighted by Crippen LogP contribution is 2.50. The Hall–Kier alpha value is -3.39. The van der Waals surface area contributed by atoms with Crippen LogP contribution in [0.1, 0.15) is 48.3 Å². The van der Waals surface area contributed by atoms with E-state index in [2.05, 4.69) is 64.3 Å². The summed E-state index contributed by atoms with van der Waals surface area (Å²) in [6.45, 7) is 14.2. The van der Waals surface area contributed by atoms with Crippen LogP contribution in [0.3, 0.4) is 0 Å². The maximum atomic E-state index is 10.9. The minimum absolute atomic E-state index is 0.306. The zero-order valence-corrected chi connectivity index (χ0v) is 18.3. The first-order chi connectivity index (χ1) is 15.0. The van der Waals surface area contributed by atoms with Crippen LogP contribution in [0.15, 0.2) is 47.0 Å². The molecule has 5 heteroatoms. The van der Waals surface area contributed by atoms with Crippen molar-refractivity contribution in [2.75, 3.05) is 11.4 Å². The number of carbonyl (C=O) groups excluding carboxylic acids is 1. The maximum Gasteiger partial charge on any atom is 0.258 e. The summed E-state index contributed by atoms with van der Waals surface area (Å²) in [5, 5.41) is 4.10. The first kappa shape index (κ1) is 20.9. The molecule has 5 nitrogen and oxygen atoms in total. The molecule has 0 atom stereocenters. The van der Waals surface area contributed by atoms with Crippen molar-refractivity contribution in [3.05, 3.63) is 76.5 Å². The maximum absolute atomic E-state index is 10.9. The summed E-state index contributed by atoms with van der Waals surface area (Å²) in [6.07, 6.45) is 4.15. The van der Waals surface area contributed by atoms with Gasteiger partial charge in [-0.15, -0.1) is 0 Å². The molecular formula is C26H27N3O2. The van der Waals surface area contributed by atoms with E-state index in [-0.39, 0.29) is 5.54 Å². The van der Waals surface area contributed by atoms with Crippen molar-refractivity contribution in [2.24, 2.45) is 0 Å². The lowest BCUT2D eigenvalue weighted by Crippen LogP contribution is -2.20. The number of aromatic nitrogens is 1. The molecule has 1 aromatic heterocycles. The number of nitrogens with zero attached hydrogens (tertiary/aromatic N) is 3. The van der Waals surface area contributed by atoms with Gasteiger partial charge in [-0.1, -0.05) is 17.3 Å². The van der Waals surface area contributed by atoms with Crippen LogP contribution in [0.2, 0.25) is 0 Å². The Morgan fingerprint density at radius 2 is 1.90 bits per heavy atom. The lowest BCUT2D eigenvalue weighted by Gasteiger charge is -2.27. The highest BCUT2D eigenvalue weighted by molar-refractivity contribution is 5.76. The molecule has 0 N–H and O–H groups in total. The number of benzene rings is 2. The molecule has 1 fully saturated rings. The molecule has 31 heavy (non-hydrogen) atoms. The molecule has 0 spiro atoms. The van der Waals surface area contributed by atoms with E-state index in [1.54, 1.807) is 0 Å². The van der Waals surface area contributed by atoms with Gasteiger partial charge in [0.05, 0.1) is 5.69 Å².